The molecule has 1 rings (SSSR count). The number of nitrogens with zero attached hydrogens (tertiary/aromatic N) is 1. The van der Waals surface area contributed by atoms with E-state index in [1.807, 2.05) is 13.2 Å². The summed E-state index contributed by atoms with van der Waals surface area (Å²) in [6.07, 6.45) is 1.99. The maximum atomic E-state index is 12.0. The van der Waals surface area contributed by atoms with E-state index < -0.39 is 10.8 Å². The van der Waals surface area contributed by atoms with Crippen molar-refractivity contribution < 1.29 is 9.72 Å². The van der Waals surface area contributed by atoms with Gasteiger partial charge < -0.3 is 11.1 Å². The molecule has 1 amide bonds. The van der Waals surface area contributed by atoms with Crippen LogP contribution in [-0.2, 0) is 0 Å². The molecule has 0 aliphatic carbocycles. The van der Waals surface area contributed by atoms with Crippen molar-refractivity contribution in [3.8, 4) is 0 Å². The third kappa shape index (κ3) is 4.28. The fraction of sp³-hybridized carbons (Fsp3) is 0.417. The van der Waals surface area contributed by atoms with Gasteiger partial charge in [-0.3, -0.25) is 14.9 Å². The average molecular weight is 318 g/mol. The Morgan fingerprint density at radius 1 is 1.60 bits per heavy atom. The van der Waals surface area contributed by atoms with Crippen LogP contribution in [-0.4, -0.2) is 29.4 Å². The lowest BCUT2D eigenvalue weighted by atomic mass is 10.1. The van der Waals surface area contributed by atoms with Crippen molar-refractivity contribution in [1.82, 2.24) is 5.32 Å². The summed E-state index contributed by atoms with van der Waals surface area (Å²) in [6.45, 7) is 2.50. The molecular weight excluding hydrogens is 302 g/mol. The summed E-state index contributed by atoms with van der Waals surface area (Å²) in [7, 11) is 0. The Labute approximate surface area is 126 Å². The molecule has 0 spiro atoms. The zero-order valence-corrected chi connectivity index (χ0v) is 12.8. The Hall–Kier alpha value is -1.47. The van der Waals surface area contributed by atoms with Gasteiger partial charge in [0.05, 0.1) is 9.95 Å². The van der Waals surface area contributed by atoms with Gasteiger partial charge in [-0.25, -0.2) is 0 Å². The third-order valence-corrected chi connectivity index (χ3v) is 3.84. The number of carbonyl (C=O) groups is 1. The molecule has 0 saturated carbocycles. The molecule has 0 saturated heterocycles. The van der Waals surface area contributed by atoms with Gasteiger partial charge in [-0.05, 0) is 24.0 Å². The van der Waals surface area contributed by atoms with Crippen molar-refractivity contribution in [2.45, 2.75) is 6.92 Å². The number of halogens is 1. The Kier molecular flexibility index (Phi) is 6.09. The lowest BCUT2D eigenvalue weighted by Crippen LogP contribution is -2.29. The van der Waals surface area contributed by atoms with E-state index in [4.69, 9.17) is 17.3 Å². The number of nitro groups is 1. The number of amides is 1. The van der Waals surface area contributed by atoms with Gasteiger partial charge in [0.15, 0.2) is 0 Å². The molecule has 0 fully saturated rings. The van der Waals surface area contributed by atoms with E-state index in [0.717, 1.165) is 11.8 Å². The molecule has 0 radical (unpaired) electrons. The van der Waals surface area contributed by atoms with Crippen LogP contribution in [0.3, 0.4) is 0 Å². The van der Waals surface area contributed by atoms with E-state index >= 15 is 0 Å². The first-order valence-corrected chi connectivity index (χ1v) is 7.64. The third-order valence-electron chi connectivity index (χ3n) is 2.63. The van der Waals surface area contributed by atoms with Crippen molar-refractivity contribution in [2.75, 3.05) is 24.3 Å². The number of thioether (sulfide) groups is 1. The minimum atomic E-state index is -0.658. The summed E-state index contributed by atoms with van der Waals surface area (Å²) in [4.78, 5) is 22.1. The molecule has 110 valence electrons. The van der Waals surface area contributed by atoms with E-state index in [-0.39, 0.29) is 22.0 Å². The Morgan fingerprint density at radius 3 is 2.80 bits per heavy atom. The summed E-state index contributed by atoms with van der Waals surface area (Å²) in [5.41, 5.74) is 5.14. The van der Waals surface area contributed by atoms with Gasteiger partial charge in [-0.2, -0.15) is 11.8 Å². The SMILES string of the molecule is CSCC(C)CNC(=O)c1cc(Cl)c(N)c([N+](=O)[O-])c1. The summed E-state index contributed by atoms with van der Waals surface area (Å²) in [6, 6.07) is 2.47. The molecule has 0 aliphatic rings. The van der Waals surface area contributed by atoms with E-state index in [0.29, 0.717) is 12.5 Å². The van der Waals surface area contributed by atoms with Crippen LogP contribution in [0.1, 0.15) is 17.3 Å². The first-order chi connectivity index (χ1) is 9.36. The molecule has 0 bridgehead atoms. The highest BCUT2D eigenvalue weighted by Crippen LogP contribution is 2.30. The molecule has 8 heteroatoms. The van der Waals surface area contributed by atoms with E-state index in [2.05, 4.69) is 5.32 Å². The van der Waals surface area contributed by atoms with Crippen molar-refractivity contribution in [2.24, 2.45) is 5.92 Å². The fourth-order valence-electron chi connectivity index (χ4n) is 1.60. The maximum Gasteiger partial charge on any atom is 0.294 e. The van der Waals surface area contributed by atoms with Gasteiger partial charge in [0.1, 0.15) is 5.69 Å². The number of hydrogen-bond donors (Lipinski definition) is 2. The van der Waals surface area contributed by atoms with Crippen molar-refractivity contribution in [3.05, 3.63) is 32.8 Å². The van der Waals surface area contributed by atoms with Gasteiger partial charge in [0.2, 0.25) is 0 Å². The zero-order valence-electron chi connectivity index (χ0n) is 11.2. The first-order valence-electron chi connectivity index (χ1n) is 5.87. The molecule has 1 atom stereocenters. The zero-order chi connectivity index (χ0) is 15.3. The fourth-order valence-corrected chi connectivity index (χ4v) is 2.50. The van der Waals surface area contributed by atoms with Gasteiger partial charge in [0, 0.05) is 18.2 Å². The van der Waals surface area contributed by atoms with Crippen LogP contribution < -0.4 is 11.1 Å². The van der Waals surface area contributed by atoms with Crippen molar-refractivity contribution in [3.63, 3.8) is 0 Å². The molecule has 20 heavy (non-hydrogen) atoms. The van der Waals surface area contributed by atoms with E-state index in [1.54, 1.807) is 11.8 Å². The maximum absolute atomic E-state index is 12.0. The van der Waals surface area contributed by atoms with Crippen LogP contribution in [0.2, 0.25) is 5.02 Å². The number of carbonyl (C=O) groups excluding carboxylic acids is 1. The standard InChI is InChI=1S/C12H16ClN3O3S/c1-7(6-20-2)5-15-12(17)8-3-9(13)11(14)10(4-8)16(18)19/h3-4,7H,5-6,14H2,1-2H3,(H,15,17). The van der Waals surface area contributed by atoms with Crippen LogP contribution >= 0.6 is 23.4 Å². The van der Waals surface area contributed by atoms with Gasteiger partial charge in [-0.1, -0.05) is 18.5 Å². The number of hydrogen-bond acceptors (Lipinski definition) is 5. The summed E-state index contributed by atoms with van der Waals surface area (Å²) < 4.78 is 0. The minimum absolute atomic E-state index is 0.00140. The van der Waals surface area contributed by atoms with Crippen molar-refractivity contribution in [1.29, 1.82) is 0 Å². The summed E-state index contributed by atoms with van der Waals surface area (Å²) >= 11 is 7.50. The summed E-state index contributed by atoms with van der Waals surface area (Å²) in [5, 5.41) is 13.6. The quantitative estimate of drug-likeness (QED) is 0.477. The molecule has 0 heterocycles. The summed E-state index contributed by atoms with van der Waals surface area (Å²) in [5.74, 6) is 0.833. The Balaban J connectivity index is 2.86. The molecule has 1 unspecified atom stereocenters. The minimum Gasteiger partial charge on any atom is -0.392 e. The second-order valence-electron chi connectivity index (χ2n) is 4.42. The highest BCUT2D eigenvalue weighted by atomic mass is 35.5. The molecule has 0 aliphatic heterocycles. The number of nitro benzene ring substituents is 1. The number of nitrogens with one attached hydrogen (secondary N) is 1. The number of rotatable bonds is 6. The Bertz CT molecular complexity index is 525. The molecule has 6 nitrogen and oxygen atoms in total. The van der Waals surface area contributed by atoms with Gasteiger partial charge >= 0.3 is 0 Å². The second-order valence-corrected chi connectivity index (χ2v) is 5.74. The highest BCUT2D eigenvalue weighted by Gasteiger charge is 2.19. The molecule has 0 aromatic heterocycles. The lowest BCUT2D eigenvalue weighted by Gasteiger charge is -2.11. The van der Waals surface area contributed by atoms with Crippen LogP contribution in [0.5, 0.6) is 0 Å². The first kappa shape index (κ1) is 16.6. The number of nitrogens with two attached hydrogens (primary N) is 1. The van der Waals surface area contributed by atoms with Crippen LogP contribution in [0, 0.1) is 16.0 Å². The highest BCUT2D eigenvalue weighted by molar-refractivity contribution is 7.98. The Morgan fingerprint density at radius 2 is 2.25 bits per heavy atom. The average Bonchev–Trinajstić information content (AvgIpc) is 2.38. The van der Waals surface area contributed by atoms with Crippen molar-refractivity contribution >= 4 is 40.6 Å². The van der Waals surface area contributed by atoms with E-state index in [1.165, 1.54) is 6.07 Å². The largest absolute Gasteiger partial charge is 0.392 e. The predicted octanol–water partition coefficient (Wildman–Crippen LogP) is 2.56. The number of nitrogen functional groups attached to an aromatic ring is 1. The number of anilines is 1. The second kappa shape index (κ2) is 7.35. The molecule has 1 aromatic rings. The predicted molar refractivity (Wildman–Crippen MR) is 82.4 cm³/mol. The number of benzene rings is 1. The van der Waals surface area contributed by atoms with Gasteiger partial charge in [0.25, 0.3) is 11.6 Å². The lowest BCUT2D eigenvalue weighted by molar-refractivity contribution is -0.383. The monoisotopic (exact) mass is 317 g/mol. The van der Waals surface area contributed by atoms with Crippen LogP contribution in [0.15, 0.2) is 12.1 Å². The van der Waals surface area contributed by atoms with E-state index in [9.17, 15) is 14.9 Å². The molecule has 1 aromatic carbocycles. The van der Waals surface area contributed by atoms with Crippen LogP contribution in [0.4, 0.5) is 11.4 Å². The van der Waals surface area contributed by atoms with Gasteiger partial charge in [-0.15, -0.1) is 0 Å². The normalized spacial score (nSPS) is 11.9. The van der Waals surface area contributed by atoms with Crippen LogP contribution in [0.25, 0.3) is 0 Å². The smallest absolute Gasteiger partial charge is 0.294 e. The molecular formula is C12H16ClN3O3S. The topological polar surface area (TPSA) is 98.3 Å². The molecule has 3 N–H and O–H groups in total.